The van der Waals surface area contributed by atoms with Crippen molar-refractivity contribution >= 4 is 5.91 Å². The predicted octanol–water partition coefficient (Wildman–Crippen LogP) is 1.68. The maximum atomic E-state index is 13.0. The second kappa shape index (κ2) is 8.25. The topological polar surface area (TPSA) is 35.6 Å². The molecule has 1 heterocycles. The monoisotopic (exact) mass is 307 g/mol. The number of piperazine rings is 1. The molecule has 4 nitrogen and oxygen atoms in total. The number of benzene rings is 1. The van der Waals surface area contributed by atoms with Crippen molar-refractivity contribution in [1.29, 1.82) is 0 Å². The molecule has 1 aromatic rings. The third-order valence-corrected chi connectivity index (χ3v) is 4.18. The average molecular weight is 307 g/mol. The fourth-order valence-electron chi connectivity index (χ4n) is 2.87. The normalized spacial score (nSPS) is 18.1. The van der Waals surface area contributed by atoms with Crippen LogP contribution in [-0.2, 0) is 4.79 Å². The summed E-state index contributed by atoms with van der Waals surface area (Å²) < 4.78 is 13.0. The van der Waals surface area contributed by atoms with Crippen molar-refractivity contribution in [1.82, 2.24) is 15.1 Å². The first-order valence-electron chi connectivity index (χ1n) is 8.05. The van der Waals surface area contributed by atoms with Crippen LogP contribution >= 0.6 is 0 Å². The molecule has 1 aromatic carbocycles. The fraction of sp³-hybridized carbons (Fsp3) is 0.588. The molecule has 0 aromatic heterocycles. The summed E-state index contributed by atoms with van der Waals surface area (Å²) in [6.45, 7) is 10.1. The second-order valence-corrected chi connectivity index (χ2v) is 5.98. The Morgan fingerprint density at radius 1 is 1.18 bits per heavy atom. The van der Waals surface area contributed by atoms with Gasteiger partial charge in [-0.15, -0.1) is 0 Å². The Morgan fingerprint density at radius 2 is 1.77 bits per heavy atom. The highest BCUT2D eigenvalue weighted by atomic mass is 19.1. The van der Waals surface area contributed by atoms with E-state index in [1.165, 1.54) is 17.7 Å². The highest BCUT2D eigenvalue weighted by Gasteiger charge is 2.20. The van der Waals surface area contributed by atoms with Crippen molar-refractivity contribution < 1.29 is 9.18 Å². The van der Waals surface area contributed by atoms with Gasteiger partial charge in [-0.05, 0) is 30.5 Å². The van der Waals surface area contributed by atoms with Crippen molar-refractivity contribution in [2.75, 3.05) is 45.8 Å². The van der Waals surface area contributed by atoms with Gasteiger partial charge >= 0.3 is 0 Å². The van der Waals surface area contributed by atoms with Crippen molar-refractivity contribution in [2.24, 2.45) is 0 Å². The SMILES string of the molecule is CCNC(=O)CN1CCN(CC(C)c2ccc(F)cc2)CC1. The molecule has 0 saturated carbocycles. The average Bonchev–Trinajstić information content (AvgIpc) is 2.50. The lowest BCUT2D eigenvalue weighted by molar-refractivity contribution is -0.122. The maximum Gasteiger partial charge on any atom is 0.234 e. The lowest BCUT2D eigenvalue weighted by Crippen LogP contribution is -2.50. The number of likely N-dealkylation sites (N-methyl/N-ethyl adjacent to an activating group) is 1. The van der Waals surface area contributed by atoms with E-state index in [4.69, 9.17) is 0 Å². The van der Waals surface area contributed by atoms with Crippen LogP contribution in [0.4, 0.5) is 4.39 Å². The number of nitrogens with one attached hydrogen (secondary N) is 1. The zero-order valence-electron chi connectivity index (χ0n) is 13.5. The minimum Gasteiger partial charge on any atom is -0.355 e. The van der Waals surface area contributed by atoms with Crippen LogP contribution in [0.15, 0.2) is 24.3 Å². The molecular weight excluding hydrogens is 281 g/mol. The van der Waals surface area contributed by atoms with Crippen LogP contribution in [0.2, 0.25) is 0 Å². The van der Waals surface area contributed by atoms with Crippen LogP contribution in [0.1, 0.15) is 25.3 Å². The summed E-state index contributed by atoms with van der Waals surface area (Å²) in [5.74, 6) is 0.307. The lowest BCUT2D eigenvalue weighted by atomic mass is 10.0. The number of hydrogen-bond acceptors (Lipinski definition) is 3. The first-order chi connectivity index (χ1) is 10.6. The number of amides is 1. The summed E-state index contributed by atoms with van der Waals surface area (Å²) in [5.41, 5.74) is 1.17. The molecule has 22 heavy (non-hydrogen) atoms. The molecule has 1 amide bonds. The standard InChI is InChI=1S/C17H26FN3O/c1-3-19-17(22)13-21-10-8-20(9-11-21)12-14(2)15-4-6-16(18)7-5-15/h4-7,14H,3,8-13H2,1-2H3,(H,19,22). The molecule has 1 N–H and O–H groups in total. The Balaban J connectivity index is 1.75. The minimum absolute atomic E-state index is 0.107. The maximum absolute atomic E-state index is 13.0. The largest absolute Gasteiger partial charge is 0.355 e. The number of carbonyl (C=O) groups excluding carboxylic acids is 1. The molecule has 122 valence electrons. The van der Waals surface area contributed by atoms with Gasteiger partial charge in [0, 0.05) is 39.3 Å². The van der Waals surface area contributed by atoms with Crippen LogP contribution < -0.4 is 5.32 Å². The molecule has 1 aliphatic heterocycles. The van der Waals surface area contributed by atoms with Gasteiger partial charge in [0.2, 0.25) is 5.91 Å². The van der Waals surface area contributed by atoms with Gasteiger partial charge in [-0.2, -0.15) is 0 Å². The zero-order valence-corrected chi connectivity index (χ0v) is 13.5. The summed E-state index contributed by atoms with van der Waals surface area (Å²) in [6.07, 6.45) is 0. The molecular formula is C17H26FN3O. The van der Waals surface area contributed by atoms with E-state index in [0.717, 1.165) is 32.7 Å². The van der Waals surface area contributed by atoms with E-state index >= 15 is 0 Å². The van der Waals surface area contributed by atoms with E-state index in [9.17, 15) is 9.18 Å². The van der Waals surface area contributed by atoms with Gasteiger partial charge < -0.3 is 10.2 Å². The minimum atomic E-state index is -0.185. The van der Waals surface area contributed by atoms with E-state index in [2.05, 4.69) is 22.0 Å². The Morgan fingerprint density at radius 3 is 2.36 bits per heavy atom. The van der Waals surface area contributed by atoms with Crippen molar-refractivity contribution in [3.8, 4) is 0 Å². The Labute approximate surface area is 132 Å². The summed E-state index contributed by atoms with van der Waals surface area (Å²) >= 11 is 0. The van der Waals surface area contributed by atoms with Crippen LogP contribution in [0, 0.1) is 5.82 Å². The Bertz CT molecular complexity index is 469. The molecule has 1 fully saturated rings. The number of rotatable bonds is 6. The van der Waals surface area contributed by atoms with Gasteiger partial charge in [-0.3, -0.25) is 9.69 Å². The highest BCUT2D eigenvalue weighted by Crippen LogP contribution is 2.17. The van der Waals surface area contributed by atoms with Gasteiger partial charge in [-0.25, -0.2) is 4.39 Å². The summed E-state index contributed by atoms with van der Waals surface area (Å²) in [4.78, 5) is 16.2. The van der Waals surface area contributed by atoms with Gasteiger partial charge in [0.05, 0.1) is 6.54 Å². The first-order valence-corrected chi connectivity index (χ1v) is 8.05. The molecule has 1 unspecified atom stereocenters. The van der Waals surface area contributed by atoms with Crippen LogP contribution in [0.5, 0.6) is 0 Å². The molecule has 5 heteroatoms. The third kappa shape index (κ3) is 5.07. The Hall–Kier alpha value is -1.46. The van der Waals surface area contributed by atoms with E-state index in [-0.39, 0.29) is 11.7 Å². The molecule has 1 atom stereocenters. The number of nitrogens with zero attached hydrogens (tertiary/aromatic N) is 2. The van der Waals surface area contributed by atoms with Crippen LogP contribution in [-0.4, -0.2) is 61.5 Å². The predicted molar refractivity (Wildman–Crippen MR) is 86.4 cm³/mol. The summed E-state index contributed by atoms with van der Waals surface area (Å²) in [7, 11) is 0. The van der Waals surface area contributed by atoms with Crippen molar-refractivity contribution in [3.63, 3.8) is 0 Å². The molecule has 1 aliphatic rings. The van der Waals surface area contributed by atoms with Crippen LogP contribution in [0.25, 0.3) is 0 Å². The summed E-state index contributed by atoms with van der Waals surface area (Å²) in [6, 6.07) is 6.78. The molecule has 0 spiro atoms. The van der Waals surface area contributed by atoms with Gasteiger partial charge in [0.1, 0.15) is 5.82 Å². The molecule has 0 bridgehead atoms. The first kappa shape index (κ1) is 16.9. The smallest absolute Gasteiger partial charge is 0.234 e. The van der Waals surface area contributed by atoms with Gasteiger partial charge in [0.15, 0.2) is 0 Å². The zero-order chi connectivity index (χ0) is 15.9. The number of carbonyl (C=O) groups is 1. The molecule has 1 saturated heterocycles. The van der Waals surface area contributed by atoms with E-state index in [0.29, 0.717) is 19.0 Å². The van der Waals surface area contributed by atoms with Gasteiger partial charge in [-0.1, -0.05) is 19.1 Å². The van der Waals surface area contributed by atoms with Crippen molar-refractivity contribution in [3.05, 3.63) is 35.6 Å². The summed E-state index contributed by atoms with van der Waals surface area (Å²) in [5, 5.41) is 2.84. The Kier molecular flexibility index (Phi) is 6.34. The number of halogens is 1. The second-order valence-electron chi connectivity index (χ2n) is 5.98. The van der Waals surface area contributed by atoms with Crippen molar-refractivity contribution in [2.45, 2.75) is 19.8 Å². The van der Waals surface area contributed by atoms with Gasteiger partial charge in [0.25, 0.3) is 0 Å². The van der Waals surface area contributed by atoms with Crippen LogP contribution in [0.3, 0.4) is 0 Å². The molecule has 0 radical (unpaired) electrons. The lowest BCUT2D eigenvalue weighted by Gasteiger charge is -2.35. The van der Waals surface area contributed by atoms with E-state index in [1.54, 1.807) is 0 Å². The van der Waals surface area contributed by atoms with E-state index < -0.39 is 0 Å². The molecule has 2 rings (SSSR count). The third-order valence-electron chi connectivity index (χ3n) is 4.18. The fourth-order valence-corrected chi connectivity index (χ4v) is 2.87. The van der Waals surface area contributed by atoms with E-state index in [1.807, 2.05) is 19.1 Å². The molecule has 0 aliphatic carbocycles. The number of hydrogen-bond donors (Lipinski definition) is 1. The quantitative estimate of drug-likeness (QED) is 0.868. The highest BCUT2D eigenvalue weighted by molar-refractivity contribution is 5.77.